The summed E-state index contributed by atoms with van der Waals surface area (Å²) in [4.78, 5) is 25.4. The van der Waals surface area contributed by atoms with E-state index in [1.54, 1.807) is 0 Å². The van der Waals surface area contributed by atoms with Crippen LogP contribution in [0.5, 0.6) is 5.75 Å². The Morgan fingerprint density at radius 3 is 2.59 bits per heavy atom. The number of nitrogens with one attached hydrogen (secondary N) is 2. The second-order valence-corrected chi connectivity index (χ2v) is 4.58. The minimum Gasteiger partial charge on any atom is -0.406 e. The molecule has 0 aliphatic carbocycles. The second-order valence-electron chi connectivity index (χ2n) is 4.58. The molecule has 118 valence electrons. The molecule has 2 rings (SSSR count). The number of aromatic nitrogens is 1. The standard InChI is InChI=1S/C13H12F3N3O3/c1-6(11(17)20)18-12(21)10-4-7-2-3-8(5-9(7)19-10)22-13(14,15)16/h2-6,19H,1H3,(H2,17,20)(H,18,21)/t6-/m0/s1. The highest BCUT2D eigenvalue weighted by atomic mass is 19.4. The first-order valence-corrected chi connectivity index (χ1v) is 6.14. The van der Waals surface area contributed by atoms with E-state index in [4.69, 9.17) is 5.73 Å². The fourth-order valence-corrected chi connectivity index (χ4v) is 1.77. The molecule has 6 nitrogen and oxygen atoms in total. The van der Waals surface area contributed by atoms with E-state index in [0.29, 0.717) is 10.9 Å². The molecule has 22 heavy (non-hydrogen) atoms. The molecule has 0 fully saturated rings. The summed E-state index contributed by atoms with van der Waals surface area (Å²) in [5.41, 5.74) is 5.41. The Morgan fingerprint density at radius 1 is 1.32 bits per heavy atom. The van der Waals surface area contributed by atoms with Gasteiger partial charge in [-0.15, -0.1) is 13.2 Å². The van der Waals surface area contributed by atoms with Gasteiger partial charge in [0.25, 0.3) is 5.91 Å². The van der Waals surface area contributed by atoms with Crippen LogP contribution in [-0.4, -0.2) is 29.2 Å². The number of H-pyrrole nitrogens is 1. The van der Waals surface area contributed by atoms with Gasteiger partial charge in [0.2, 0.25) is 5.91 Å². The summed E-state index contributed by atoms with van der Waals surface area (Å²) >= 11 is 0. The maximum absolute atomic E-state index is 12.2. The zero-order valence-corrected chi connectivity index (χ0v) is 11.3. The lowest BCUT2D eigenvalue weighted by molar-refractivity contribution is -0.274. The van der Waals surface area contributed by atoms with Crippen molar-refractivity contribution in [2.24, 2.45) is 5.73 Å². The molecule has 4 N–H and O–H groups in total. The molecule has 0 bridgehead atoms. The molecule has 0 saturated carbocycles. The molecule has 0 spiro atoms. The summed E-state index contributed by atoms with van der Waals surface area (Å²) in [6, 6.07) is 4.20. The van der Waals surface area contributed by atoms with E-state index < -0.39 is 30.0 Å². The molecular weight excluding hydrogens is 303 g/mol. The van der Waals surface area contributed by atoms with E-state index in [1.807, 2.05) is 0 Å². The molecule has 0 radical (unpaired) electrons. The van der Waals surface area contributed by atoms with E-state index in [1.165, 1.54) is 19.1 Å². The number of carbonyl (C=O) groups excluding carboxylic acids is 2. The van der Waals surface area contributed by atoms with Crippen LogP contribution in [0.3, 0.4) is 0 Å². The monoisotopic (exact) mass is 315 g/mol. The molecular formula is C13H12F3N3O3. The number of primary amides is 1. The van der Waals surface area contributed by atoms with Crippen molar-refractivity contribution in [2.75, 3.05) is 0 Å². The van der Waals surface area contributed by atoms with Crippen LogP contribution in [0.2, 0.25) is 0 Å². The number of benzene rings is 1. The third kappa shape index (κ3) is 3.68. The van der Waals surface area contributed by atoms with Crippen molar-refractivity contribution in [1.82, 2.24) is 10.3 Å². The highest BCUT2D eigenvalue weighted by molar-refractivity contribution is 6.00. The lowest BCUT2D eigenvalue weighted by atomic mass is 10.2. The van der Waals surface area contributed by atoms with Gasteiger partial charge in [0.1, 0.15) is 17.5 Å². The molecule has 1 aromatic carbocycles. The molecule has 2 aromatic rings. The Balaban J connectivity index is 2.23. The second kappa shape index (κ2) is 5.58. The van der Waals surface area contributed by atoms with Gasteiger partial charge in [0.05, 0.1) is 0 Å². The normalized spacial score (nSPS) is 12.9. The van der Waals surface area contributed by atoms with Crippen LogP contribution >= 0.6 is 0 Å². The first kappa shape index (κ1) is 15.7. The molecule has 1 aromatic heterocycles. The average Bonchev–Trinajstić information content (AvgIpc) is 2.79. The van der Waals surface area contributed by atoms with Crippen molar-refractivity contribution in [3.05, 3.63) is 30.0 Å². The lowest BCUT2D eigenvalue weighted by Gasteiger charge is -2.08. The van der Waals surface area contributed by atoms with Crippen LogP contribution in [0, 0.1) is 0 Å². The predicted molar refractivity (Wildman–Crippen MR) is 71.1 cm³/mol. The van der Waals surface area contributed by atoms with E-state index in [9.17, 15) is 22.8 Å². The van der Waals surface area contributed by atoms with Crippen LogP contribution in [0.4, 0.5) is 13.2 Å². The predicted octanol–water partition coefficient (Wildman–Crippen LogP) is 1.67. The number of halogens is 3. The fourth-order valence-electron chi connectivity index (χ4n) is 1.77. The third-order valence-electron chi connectivity index (χ3n) is 2.85. The Kier molecular flexibility index (Phi) is 3.98. The van der Waals surface area contributed by atoms with Gasteiger partial charge in [-0.05, 0) is 25.1 Å². The van der Waals surface area contributed by atoms with Gasteiger partial charge in [0, 0.05) is 17.0 Å². The first-order chi connectivity index (χ1) is 10.2. The smallest absolute Gasteiger partial charge is 0.406 e. The van der Waals surface area contributed by atoms with Gasteiger partial charge in [-0.2, -0.15) is 0 Å². The third-order valence-corrected chi connectivity index (χ3v) is 2.85. The minimum absolute atomic E-state index is 0.0901. The Labute approximate surface area is 122 Å². The average molecular weight is 315 g/mol. The van der Waals surface area contributed by atoms with Gasteiger partial charge in [-0.1, -0.05) is 0 Å². The number of carbonyl (C=O) groups is 2. The van der Waals surface area contributed by atoms with Crippen molar-refractivity contribution in [3.63, 3.8) is 0 Å². The summed E-state index contributed by atoms with van der Waals surface area (Å²) in [6.45, 7) is 1.41. The van der Waals surface area contributed by atoms with Crippen LogP contribution in [0.15, 0.2) is 24.3 Å². The summed E-state index contributed by atoms with van der Waals surface area (Å²) < 4.78 is 40.3. The number of amides is 2. The molecule has 0 unspecified atom stereocenters. The molecule has 0 saturated heterocycles. The Morgan fingerprint density at radius 2 is 2.00 bits per heavy atom. The molecule has 9 heteroatoms. The summed E-state index contributed by atoms with van der Waals surface area (Å²) in [7, 11) is 0. The quantitative estimate of drug-likeness (QED) is 0.800. The van der Waals surface area contributed by atoms with Crippen molar-refractivity contribution >= 4 is 22.7 Å². The SMILES string of the molecule is C[C@H](NC(=O)c1cc2ccc(OC(F)(F)F)cc2[nH]1)C(N)=O. The highest BCUT2D eigenvalue weighted by Gasteiger charge is 2.31. The summed E-state index contributed by atoms with van der Waals surface area (Å²) in [6.07, 6.45) is -4.79. The van der Waals surface area contributed by atoms with Crippen LogP contribution < -0.4 is 15.8 Å². The number of alkyl halides is 3. The Bertz CT molecular complexity index is 724. The van der Waals surface area contributed by atoms with Crippen molar-refractivity contribution < 1.29 is 27.5 Å². The Hall–Kier alpha value is -2.71. The van der Waals surface area contributed by atoms with Gasteiger partial charge < -0.3 is 20.8 Å². The summed E-state index contributed by atoms with van der Waals surface area (Å²) in [5.74, 6) is -1.70. The zero-order valence-electron chi connectivity index (χ0n) is 11.3. The zero-order chi connectivity index (χ0) is 16.5. The molecule has 2 amide bonds. The fraction of sp³-hybridized carbons (Fsp3) is 0.231. The van der Waals surface area contributed by atoms with Crippen LogP contribution in [0.1, 0.15) is 17.4 Å². The topological polar surface area (TPSA) is 97.2 Å². The number of hydrogen-bond donors (Lipinski definition) is 3. The highest BCUT2D eigenvalue weighted by Crippen LogP contribution is 2.26. The van der Waals surface area contributed by atoms with E-state index in [-0.39, 0.29) is 5.69 Å². The number of fused-ring (bicyclic) bond motifs is 1. The van der Waals surface area contributed by atoms with Gasteiger partial charge in [-0.3, -0.25) is 9.59 Å². The van der Waals surface area contributed by atoms with E-state index >= 15 is 0 Å². The largest absolute Gasteiger partial charge is 0.573 e. The number of rotatable bonds is 4. The maximum Gasteiger partial charge on any atom is 0.573 e. The van der Waals surface area contributed by atoms with E-state index in [2.05, 4.69) is 15.0 Å². The number of aromatic amines is 1. The molecule has 0 aliphatic heterocycles. The van der Waals surface area contributed by atoms with Gasteiger partial charge >= 0.3 is 6.36 Å². The van der Waals surface area contributed by atoms with Crippen molar-refractivity contribution in [2.45, 2.75) is 19.3 Å². The number of nitrogens with two attached hydrogens (primary N) is 1. The molecule has 1 atom stereocenters. The van der Waals surface area contributed by atoms with Gasteiger partial charge in [0.15, 0.2) is 0 Å². The maximum atomic E-state index is 12.2. The summed E-state index contributed by atoms with van der Waals surface area (Å²) in [5, 5.41) is 2.87. The van der Waals surface area contributed by atoms with Crippen molar-refractivity contribution in [1.29, 1.82) is 0 Å². The van der Waals surface area contributed by atoms with Gasteiger partial charge in [-0.25, -0.2) is 0 Å². The number of ether oxygens (including phenoxy) is 1. The van der Waals surface area contributed by atoms with E-state index in [0.717, 1.165) is 12.1 Å². The van der Waals surface area contributed by atoms with Crippen LogP contribution in [-0.2, 0) is 4.79 Å². The molecule has 1 heterocycles. The number of hydrogen-bond acceptors (Lipinski definition) is 3. The minimum atomic E-state index is -4.79. The van der Waals surface area contributed by atoms with Crippen LogP contribution in [0.25, 0.3) is 10.9 Å². The molecule has 0 aliphatic rings. The first-order valence-electron chi connectivity index (χ1n) is 6.14. The lowest BCUT2D eigenvalue weighted by Crippen LogP contribution is -2.42. The van der Waals surface area contributed by atoms with Crippen molar-refractivity contribution in [3.8, 4) is 5.75 Å².